The molecule has 0 saturated heterocycles. The molecule has 2 N–H and O–H groups in total. The minimum Gasteiger partial charge on any atom is -0.355 e. The van der Waals surface area contributed by atoms with Crippen LogP contribution in [0.3, 0.4) is 0 Å². The first-order valence-electron chi connectivity index (χ1n) is 7.30. The van der Waals surface area contributed by atoms with Crippen LogP contribution in [0, 0.1) is 6.92 Å². The molecule has 5 nitrogen and oxygen atoms in total. The second-order valence-corrected chi connectivity index (χ2v) is 6.96. The summed E-state index contributed by atoms with van der Waals surface area (Å²) in [5, 5.41) is 2.51. The first-order chi connectivity index (χ1) is 10.9. The van der Waals surface area contributed by atoms with Crippen LogP contribution in [-0.4, -0.2) is 27.9 Å². The monoisotopic (exact) mass is 332 g/mol. The zero-order valence-corrected chi connectivity index (χ0v) is 14.0. The van der Waals surface area contributed by atoms with E-state index in [2.05, 4.69) is 10.0 Å². The van der Waals surface area contributed by atoms with Gasteiger partial charge in [0.15, 0.2) is 0 Å². The van der Waals surface area contributed by atoms with E-state index in [4.69, 9.17) is 0 Å². The SMILES string of the molecule is CNC(=O)c1cc(S(=O)(=O)NCCc2ccccc2)ccc1C. The van der Waals surface area contributed by atoms with Crippen molar-refractivity contribution >= 4 is 15.9 Å². The van der Waals surface area contributed by atoms with Gasteiger partial charge in [0.2, 0.25) is 10.0 Å². The van der Waals surface area contributed by atoms with Crippen molar-refractivity contribution in [2.75, 3.05) is 13.6 Å². The van der Waals surface area contributed by atoms with Crippen LogP contribution < -0.4 is 10.0 Å². The maximum atomic E-state index is 12.4. The number of rotatable bonds is 6. The molecule has 2 aromatic carbocycles. The van der Waals surface area contributed by atoms with E-state index in [0.29, 0.717) is 18.5 Å². The van der Waals surface area contributed by atoms with Crippen molar-refractivity contribution in [3.63, 3.8) is 0 Å². The Morgan fingerprint density at radius 2 is 1.78 bits per heavy atom. The molecule has 0 aliphatic rings. The van der Waals surface area contributed by atoms with Crippen molar-refractivity contribution in [2.24, 2.45) is 0 Å². The summed E-state index contributed by atoms with van der Waals surface area (Å²) in [6.45, 7) is 2.07. The van der Waals surface area contributed by atoms with Crippen LogP contribution in [0.4, 0.5) is 0 Å². The van der Waals surface area contributed by atoms with Gasteiger partial charge in [0.1, 0.15) is 0 Å². The van der Waals surface area contributed by atoms with Crippen molar-refractivity contribution in [2.45, 2.75) is 18.2 Å². The highest BCUT2D eigenvalue weighted by atomic mass is 32.2. The molecule has 0 radical (unpaired) electrons. The smallest absolute Gasteiger partial charge is 0.251 e. The lowest BCUT2D eigenvalue weighted by molar-refractivity contribution is 0.0962. The summed E-state index contributed by atoms with van der Waals surface area (Å²) in [5.74, 6) is -0.302. The van der Waals surface area contributed by atoms with Crippen LogP contribution in [0.5, 0.6) is 0 Å². The standard InChI is InChI=1S/C17H20N2O3S/c1-13-8-9-15(12-16(13)17(20)18-2)23(21,22)19-11-10-14-6-4-3-5-7-14/h3-9,12,19H,10-11H2,1-2H3,(H,18,20). The van der Waals surface area contributed by atoms with Crippen LogP contribution >= 0.6 is 0 Å². The molecule has 2 aromatic rings. The van der Waals surface area contributed by atoms with Gasteiger partial charge in [-0.1, -0.05) is 36.4 Å². The molecule has 23 heavy (non-hydrogen) atoms. The maximum Gasteiger partial charge on any atom is 0.251 e. The molecule has 0 aliphatic carbocycles. The molecule has 0 fully saturated rings. The molecule has 0 unspecified atom stereocenters. The first-order valence-corrected chi connectivity index (χ1v) is 8.78. The van der Waals surface area contributed by atoms with Crippen LogP contribution in [0.1, 0.15) is 21.5 Å². The van der Waals surface area contributed by atoms with Gasteiger partial charge in [-0.25, -0.2) is 13.1 Å². The van der Waals surface area contributed by atoms with Gasteiger partial charge in [-0.3, -0.25) is 4.79 Å². The fourth-order valence-corrected chi connectivity index (χ4v) is 3.26. The molecule has 0 spiro atoms. The Labute approximate surface area is 136 Å². The molecule has 0 aromatic heterocycles. The number of amides is 1. The minimum atomic E-state index is -3.64. The van der Waals surface area contributed by atoms with Crippen LogP contribution in [-0.2, 0) is 16.4 Å². The van der Waals surface area contributed by atoms with Crippen molar-refractivity contribution in [3.8, 4) is 0 Å². The molecule has 1 amide bonds. The lowest BCUT2D eigenvalue weighted by Gasteiger charge is -2.10. The van der Waals surface area contributed by atoms with Gasteiger partial charge in [0, 0.05) is 19.2 Å². The van der Waals surface area contributed by atoms with E-state index in [-0.39, 0.29) is 10.8 Å². The number of hydrogen-bond acceptors (Lipinski definition) is 3. The summed E-state index contributed by atoms with van der Waals surface area (Å²) in [6, 6.07) is 14.2. The average molecular weight is 332 g/mol. The lowest BCUT2D eigenvalue weighted by Crippen LogP contribution is -2.27. The summed E-state index contributed by atoms with van der Waals surface area (Å²) >= 11 is 0. The van der Waals surface area contributed by atoms with Crippen molar-refractivity contribution in [3.05, 3.63) is 65.2 Å². The minimum absolute atomic E-state index is 0.0924. The van der Waals surface area contributed by atoms with Crippen molar-refractivity contribution in [1.29, 1.82) is 0 Å². The third-order valence-electron chi connectivity index (χ3n) is 3.54. The Bertz CT molecular complexity index is 787. The van der Waals surface area contributed by atoms with E-state index in [9.17, 15) is 13.2 Å². The Balaban J connectivity index is 2.11. The highest BCUT2D eigenvalue weighted by Crippen LogP contribution is 2.15. The number of hydrogen-bond donors (Lipinski definition) is 2. The Kier molecular flexibility index (Phi) is 5.52. The van der Waals surface area contributed by atoms with Crippen molar-refractivity contribution in [1.82, 2.24) is 10.0 Å². The zero-order valence-electron chi connectivity index (χ0n) is 13.2. The fraction of sp³-hybridized carbons (Fsp3) is 0.235. The number of carbonyl (C=O) groups is 1. The summed E-state index contributed by atoms with van der Waals surface area (Å²) in [7, 11) is -2.13. The normalized spacial score (nSPS) is 11.2. The van der Waals surface area contributed by atoms with E-state index in [1.54, 1.807) is 13.0 Å². The summed E-state index contributed by atoms with van der Waals surface area (Å²) in [5.41, 5.74) is 2.15. The zero-order chi connectivity index (χ0) is 16.9. The molecule has 0 atom stereocenters. The molecule has 0 bridgehead atoms. The third-order valence-corrected chi connectivity index (χ3v) is 5.00. The molecular formula is C17H20N2O3S. The van der Waals surface area contributed by atoms with E-state index in [0.717, 1.165) is 11.1 Å². The fourth-order valence-electron chi connectivity index (χ4n) is 2.21. The van der Waals surface area contributed by atoms with Gasteiger partial charge in [-0.15, -0.1) is 0 Å². The predicted molar refractivity (Wildman–Crippen MR) is 89.9 cm³/mol. The van der Waals surface area contributed by atoms with E-state index < -0.39 is 10.0 Å². The predicted octanol–water partition coefficient (Wildman–Crippen LogP) is 1.88. The summed E-state index contributed by atoms with van der Waals surface area (Å²) in [6.07, 6.45) is 0.605. The number of sulfonamides is 1. The van der Waals surface area contributed by atoms with Gasteiger partial charge < -0.3 is 5.32 Å². The quantitative estimate of drug-likeness (QED) is 0.848. The Hall–Kier alpha value is -2.18. The van der Waals surface area contributed by atoms with Gasteiger partial charge in [0.05, 0.1) is 4.90 Å². The molecule has 2 rings (SSSR count). The van der Waals surface area contributed by atoms with Gasteiger partial charge in [0.25, 0.3) is 5.91 Å². The second kappa shape index (κ2) is 7.39. The van der Waals surface area contributed by atoms with E-state index in [1.165, 1.54) is 19.2 Å². The number of carbonyl (C=O) groups excluding carboxylic acids is 1. The number of aryl methyl sites for hydroxylation is 1. The molecular weight excluding hydrogens is 312 g/mol. The highest BCUT2D eigenvalue weighted by molar-refractivity contribution is 7.89. The molecule has 6 heteroatoms. The van der Waals surface area contributed by atoms with E-state index in [1.807, 2.05) is 30.3 Å². The number of benzene rings is 2. The second-order valence-electron chi connectivity index (χ2n) is 5.19. The van der Waals surface area contributed by atoms with E-state index >= 15 is 0 Å². The topological polar surface area (TPSA) is 75.3 Å². The molecule has 122 valence electrons. The van der Waals surface area contributed by atoms with Gasteiger partial charge in [-0.05, 0) is 36.6 Å². The third kappa shape index (κ3) is 4.40. The van der Waals surface area contributed by atoms with Gasteiger partial charge in [-0.2, -0.15) is 0 Å². The largest absolute Gasteiger partial charge is 0.355 e. The average Bonchev–Trinajstić information content (AvgIpc) is 2.55. The Morgan fingerprint density at radius 3 is 2.43 bits per heavy atom. The Morgan fingerprint density at radius 1 is 1.09 bits per heavy atom. The van der Waals surface area contributed by atoms with Gasteiger partial charge >= 0.3 is 0 Å². The summed E-state index contributed by atoms with van der Waals surface area (Å²) in [4.78, 5) is 11.9. The highest BCUT2D eigenvalue weighted by Gasteiger charge is 2.17. The summed E-state index contributed by atoms with van der Waals surface area (Å²) < 4.78 is 27.3. The molecule has 0 aliphatic heterocycles. The van der Waals surface area contributed by atoms with Crippen molar-refractivity contribution < 1.29 is 13.2 Å². The van der Waals surface area contributed by atoms with Crippen LogP contribution in [0.25, 0.3) is 0 Å². The van der Waals surface area contributed by atoms with Crippen LogP contribution in [0.15, 0.2) is 53.4 Å². The molecule has 0 saturated carbocycles. The van der Waals surface area contributed by atoms with Crippen LogP contribution in [0.2, 0.25) is 0 Å². The maximum absolute atomic E-state index is 12.4. The first kappa shape index (κ1) is 17.2. The lowest BCUT2D eigenvalue weighted by atomic mass is 10.1. The molecule has 0 heterocycles. The number of nitrogens with one attached hydrogen (secondary N) is 2.